The van der Waals surface area contributed by atoms with E-state index in [9.17, 15) is 9.59 Å². The van der Waals surface area contributed by atoms with Gasteiger partial charge in [0.1, 0.15) is 0 Å². The van der Waals surface area contributed by atoms with Crippen molar-refractivity contribution in [2.24, 2.45) is 5.41 Å². The summed E-state index contributed by atoms with van der Waals surface area (Å²) >= 11 is 0. The molecule has 0 aromatic heterocycles. The first kappa shape index (κ1) is 16.2. The lowest BCUT2D eigenvalue weighted by molar-refractivity contribution is 0.0670. The number of hydrogen-bond acceptors (Lipinski definition) is 2. The molecular formula is C20H22O2. The molecule has 0 amide bonds. The van der Waals surface area contributed by atoms with Crippen LogP contribution in [-0.4, -0.2) is 11.6 Å². The maximum absolute atomic E-state index is 13.0. The summed E-state index contributed by atoms with van der Waals surface area (Å²) in [6, 6.07) is 18.2. The normalized spacial score (nSPS) is 11.2. The number of rotatable bonds is 7. The molecule has 0 aliphatic carbocycles. The number of unbranched alkanes of at least 4 members (excludes halogenated alkanes) is 1. The van der Waals surface area contributed by atoms with Crippen LogP contribution in [0.3, 0.4) is 0 Å². The van der Waals surface area contributed by atoms with Gasteiger partial charge in [0, 0.05) is 11.1 Å². The highest BCUT2D eigenvalue weighted by atomic mass is 16.2. The standard InChI is InChI=1S/C20H22O2/c1-3-4-15-20(2,18(21)16-11-7-5-8-12-16)19(22)17-13-9-6-10-14-17/h5-14H,3-4,15H2,1-2H3. The molecule has 2 aromatic rings. The van der Waals surface area contributed by atoms with Crippen molar-refractivity contribution in [1.29, 1.82) is 0 Å². The molecule has 0 saturated carbocycles. The van der Waals surface area contributed by atoms with Crippen LogP contribution in [0.25, 0.3) is 0 Å². The second-order valence-corrected chi connectivity index (χ2v) is 5.83. The van der Waals surface area contributed by atoms with Gasteiger partial charge in [0.15, 0.2) is 11.6 Å². The van der Waals surface area contributed by atoms with E-state index in [0.717, 1.165) is 12.8 Å². The first-order valence-electron chi connectivity index (χ1n) is 7.79. The molecule has 2 heteroatoms. The summed E-state index contributed by atoms with van der Waals surface area (Å²) < 4.78 is 0. The third-order valence-electron chi connectivity index (χ3n) is 4.10. The first-order valence-corrected chi connectivity index (χ1v) is 7.79. The van der Waals surface area contributed by atoms with E-state index in [4.69, 9.17) is 0 Å². The summed E-state index contributed by atoms with van der Waals surface area (Å²) in [5, 5.41) is 0. The summed E-state index contributed by atoms with van der Waals surface area (Å²) in [6.07, 6.45) is 2.39. The molecule has 2 rings (SSSR count). The molecule has 114 valence electrons. The number of carbonyl (C=O) groups is 2. The second-order valence-electron chi connectivity index (χ2n) is 5.83. The number of hydrogen-bond donors (Lipinski definition) is 0. The van der Waals surface area contributed by atoms with Gasteiger partial charge in [0.2, 0.25) is 0 Å². The van der Waals surface area contributed by atoms with Crippen LogP contribution in [0.15, 0.2) is 60.7 Å². The number of Topliss-reactive ketones (excluding diaryl/α,β-unsaturated/α-hetero) is 2. The van der Waals surface area contributed by atoms with Crippen LogP contribution in [0.4, 0.5) is 0 Å². The molecule has 0 radical (unpaired) electrons. The highest BCUT2D eigenvalue weighted by Crippen LogP contribution is 2.33. The van der Waals surface area contributed by atoms with Gasteiger partial charge in [-0.1, -0.05) is 80.4 Å². The van der Waals surface area contributed by atoms with Crippen LogP contribution < -0.4 is 0 Å². The summed E-state index contributed by atoms with van der Waals surface area (Å²) in [5.74, 6) is -0.175. The van der Waals surface area contributed by atoms with Crippen LogP contribution >= 0.6 is 0 Å². The fraction of sp³-hybridized carbons (Fsp3) is 0.300. The third kappa shape index (κ3) is 3.33. The number of benzene rings is 2. The lowest BCUT2D eigenvalue weighted by Gasteiger charge is -2.27. The van der Waals surface area contributed by atoms with Gasteiger partial charge in [-0.05, 0) is 13.3 Å². The summed E-state index contributed by atoms with van der Waals surface area (Å²) in [6.45, 7) is 3.85. The van der Waals surface area contributed by atoms with E-state index in [1.54, 1.807) is 31.2 Å². The van der Waals surface area contributed by atoms with Crippen molar-refractivity contribution >= 4 is 11.6 Å². The van der Waals surface area contributed by atoms with Crippen LogP contribution in [0.2, 0.25) is 0 Å². The maximum Gasteiger partial charge on any atom is 0.176 e. The summed E-state index contributed by atoms with van der Waals surface area (Å²) in [4.78, 5) is 25.9. The van der Waals surface area contributed by atoms with E-state index >= 15 is 0 Å². The predicted molar refractivity (Wildman–Crippen MR) is 89.2 cm³/mol. The van der Waals surface area contributed by atoms with Crippen molar-refractivity contribution in [2.75, 3.05) is 0 Å². The molecular weight excluding hydrogens is 272 g/mol. The van der Waals surface area contributed by atoms with E-state index < -0.39 is 5.41 Å². The zero-order valence-electron chi connectivity index (χ0n) is 13.2. The van der Waals surface area contributed by atoms with Crippen molar-refractivity contribution in [1.82, 2.24) is 0 Å². The minimum absolute atomic E-state index is 0.0876. The SMILES string of the molecule is CCCCC(C)(C(=O)c1ccccc1)C(=O)c1ccccc1. The van der Waals surface area contributed by atoms with Crippen molar-refractivity contribution in [3.05, 3.63) is 71.8 Å². The Morgan fingerprint density at radius 3 is 1.59 bits per heavy atom. The van der Waals surface area contributed by atoms with E-state index in [2.05, 4.69) is 6.92 Å². The van der Waals surface area contributed by atoms with Gasteiger partial charge in [-0.25, -0.2) is 0 Å². The third-order valence-corrected chi connectivity index (χ3v) is 4.10. The quantitative estimate of drug-likeness (QED) is 0.535. The van der Waals surface area contributed by atoms with E-state index in [1.807, 2.05) is 36.4 Å². The topological polar surface area (TPSA) is 34.1 Å². The average Bonchev–Trinajstić information content (AvgIpc) is 2.59. The fourth-order valence-corrected chi connectivity index (χ4v) is 2.68. The predicted octanol–water partition coefficient (Wildman–Crippen LogP) is 4.95. The highest BCUT2D eigenvalue weighted by Gasteiger charge is 2.40. The molecule has 0 atom stereocenters. The largest absolute Gasteiger partial charge is 0.293 e. The minimum atomic E-state index is -1.00. The molecule has 0 aliphatic heterocycles. The van der Waals surface area contributed by atoms with Gasteiger partial charge in [-0.15, -0.1) is 0 Å². The lowest BCUT2D eigenvalue weighted by atomic mass is 9.72. The van der Waals surface area contributed by atoms with Gasteiger partial charge in [0.05, 0.1) is 5.41 Å². The molecule has 0 heterocycles. The molecule has 0 bridgehead atoms. The summed E-state index contributed by atoms with van der Waals surface area (Å²) in [7, 11) is 0. The van der Waals surface area contributed by atoms with Crippen molar-refractivity contribution in [3.63, 3.8) is 0 Å². The van der Waals surface area contributed by atoms with Crippen LogP contribution in [-0.2, 0) is 0 Å². The first-order chi connectivity index (χ1) is 10.6. The fourth-order valence-electron chi connectivity index (χ4n) is 2.68. The molecule has 2 aromatic carbocycles. The van der Waals surface area contributed by atoms with Crippen LogP contribution in [0.1, 0.15) is 53.8 Å². The monoisotopic (exact) mass is 294 g/mol. The smallest absolute Gasteiger partial charge is 0.176 e. The number of carbonyl (C=O) groups excluding carboxylic acids is 2. The summed E-state index contributed by atoms with van der Waals surface area (Å²) in [5.41, 5.74) is 0.203. The Bertz CT molecular complexity index is 578. The van der Waals surface area contributed by atoms with Crippen molar-refractivity contribution in [2.45, 2.75) is 33.1 Å². The lowest BCUT2D eigenvalue weighted by Crippen LogP contribution is -2.36. The Hall–Kier alpha value is -2.22. The Morgan fingerprint density at radius 1 is 0.818 bits per heavy atom. The van der Waals surface area contributed by atoms with Gasteiger partial charge in [-0.2, -0.15) is 0 Å². The van der Waals surface area contributed by atoms with Crippen molar-refractivity contribution < 1.29 is 9.59 Å². The van der Waals surface area contributed by atoms with Crippen molar-refractivity contribution in [3.8, 4) is 0 Å². The second kappa shape index (κ2) is 7.17. The van der Waals surface area contributed by atoms with Crippen LogP contribution in [0.5, 0.6) is 0 Å². The highest BCUT2D eigenvalue weighted by molar-refractivity contribution is 6.19. The zero-order chi connectivity index (χ0) is 16.0. The molecule has 2 nitrogen and oxygen atoms in total. The Labute approximate surface area is 132 Å². The van der Waals surface area contributed by atoms with Gasteiger partial charge < -0.3 is 0 Å². The average molecular weight is 294 g/mol. The van der Waals surface area contributed by atoms with E-state index in [0.29, 0.717) is 17.5 Å². The molecule has 0 spiro atoms. The molecule has 0 N–H and O–H groups in total. The van der Waals surface area contributed by atoms with E-state index in [-0.39, 0.29) is 11.6 Å². The Kier molecular flexibility index (Phi) is 5.26. The molecule has 0 fully saturated rings. The minimum Gasteiger partial charge on any atom is -0.293 e. The van der Waals surface area contributed by atoms with Crippen LogP contribution in [0, 0.1) is 5.41 Å². The Balaban J connectivity index is 2.39. The maximum atomic E-state index is 13.0. The molecule has 0 saturated heterocycles. The molecule has 22 heavy (non-hydrogen) atoms. The Morgan fingerprint density at radius 2 is 1.23 bits per heavy atom. The molecule has 0 aliphatic rings. The molecule has 0 unspecified atom stereocenters. The van der Waals surface area contributed by atoms with E-state index in [1.165, 1.54) is 0 Å². The van der Waals surface area contributed by atoms with Gasteiger partial charge in [0.25, 0.3) is 0 Å². The number of ketones is 2. The van der Waals surface area contributed by atoms with Gasteiger partial charge in [-0.3, -0.25) is 9.59 Å². The van der Waals surface area contributed by atoms with Gasteiger partial charge >= 0.3 is 0 Å². The zero-order valence-corrected chi connectivity index (χ0v) is 13.2.